The number of hydrogen-bond acceptors (Lipinski definition) is 3. The van der Waals surface area contributed by atoms with Crippen molar-refractivity contribution in [3.05, 3.63) is 0 Å². The smallest absolute Gasteiger partial charge is 0.257 e. The van der Waals surface area contributed by atoms with E-state index in [-0.39, 0.29) is 17.9 Å². The van der Waals surface area contributed by atoms with Crippen LogP contribution in [0.3, 0.4) is 0 Å². The molecule has 0 aliphatic heterocycles. The summed E-state index contributed by atoms with van der Waals surface area (Å²) in [6, 6.07) is 1.01. The van der Waals surface area contributed by atoms with Crippen LogP contribution < -0.4 is 10.6 Å². The first-order valence-electron chi connectivity index (χ1n) is 7.54. The number of nitrogens with one attached hydrogen (secondary N) is 2. The molecule has 0 aromatic heterocycles. The second-order valence-electron chi connectivity index (χ2n) is 6.73. The van der Waals surface area contributed by atoms with Crippen molar-refractivity contribution in [1.29, 1.82) is 5.26 Å². The van der Waals surface area contributed by atoms with E-state index in [0.717, 1.165) is 11.8 Å². The molecular weight excluding hydrogens is 254 g/mol. The average molecular weight is 275 g/mol. The van der Waals surface area contributed by atoms with E-state index in [0.29, 0.717) is 11.8 Å². The third kappa shape index (κ3) is 2.39. The second-order valence-corrected chi connectivity index (χ2v) is 6.73. The molecule has 0 aromatic rings. The van der Waals surface area contributed by atoms with Crippen molar-refractivity contribution in [3.63, 3.8) is 0 Å². The number of hydrogen-bond donors (Lipinski definition) is 2. The van der Waals surface area contributed by atoms with Crippen molar-refractivity contribution in [3.8, 4) is 6.07 Å². The molecule has 0 radical (unpaired) electrons. The van der Waals surface area contributed by atoms with E-state index in [2.05, 4.69) is 10.6 Å². The summed E-state index contributed by atoms with van der Waals surface area (Å²) in [5.74, 6) is 2.16. The summed E-state index contributed by atoms with van der Waals surface area (Å²) in [4.78, 5) is 23.2. The van der Waals surface area contributed by atoms with Crippen LogP contribution >= 0.6 is 0 Å². The number of amides is 2. The molecule has 0 saturated heterocycles. The van der Waals surface area contributed by atoms with Gasteiger partial charge in [-0.25, -0.2) is 0 Å². The van der Waals surface area contributed by atoms with Gasteiger partial charge in [0.2, 0.25) is 5.91 Å². The van der Waals surface area contributed by atoms with Crippen molar-refractivity contribution in [2.75, 3.05) is 0 Å². The normalized spacial score (nSPS) is 38.9. The predicted octanol–water partition coefficient (Wildman–Crippen LogP) is 0.956. The molecule has 4 bridgehead atoms. The maximum atomic E-state index is 12.2. The molecule has 0 heterocycles. The highest BCUT2D eigenvalue weighted by Crippen LogP contribution is 2.53. The van der Waals surface area contributed by atoms with Crippen LogP contribution in [0.5, 0.6) is 0 Å². The Balaban J connectivity index is 1.64. The zero-order valence-corrected chi connectivity index (χ0v) is 11.8. The molecule has 2 N–H and O–H groups in total. The number of rotatable bonds is 3. The summed E-state index contributed by atoms with van der Waals surface area (Å²) < 4.78 is 0. The highest BCUT2D eigenvalue weighted by atomic mass is 16.2. The van der Waals surface area contributed by atoms with Crippen LogP contribution in [0.25, 0.3) is 0 Å². The average Bonchev–Trinajstić information content (AvgIpc) is 2.38. The monoisotopic (exact) mass is 275 g/mol. The number of carbonyl (C=O) groups excluding carboxylic acids is 2. The zero-order chi connectivity index (χ0) is 14.3. The molecule has 5 nitrogen and oxygen atoms in total. The van der Waals surface area contributed by atoms with Crippen molar-refractivity contribution in [1.82, 2.24) is 10.6 Å². The summed E-state index contributed by atoms with van der Waals surface area (Å²) in [7, 11) is 0. The van der Waals surface area contributed by atoms with Crippen molar-refractivity contribution in [2.45, 2.75) is 51.1 Å². The molecule has 4 rings (SSSR count). The molecule has 1 atom stereocenters. The Morgan fingerprint density at radius 1 is 1.10 bits per heavy atom. The van der Waals surface area contributed by atoms with Gasteiger partial charge in [-0.2, -0.15) is 5.26 Å². The third-order valence-electron chi connectivity index (χ3n) is 5.27. The molecule has 4 aliphatic rings. The molecule has 0 aromatic carbocycles. The minimum Gasteiger partial charge on any atom is -0.350 e. The number of carbonyl (C=O) groups is 2. The lowest BCUT2D eigenvalue weighted by Gasteiger charge is -2.54. The predicted molar refractivity (Wildman–Crippen MR) is 72.2 cm³/mol. The van der Waals surface area contributed by atoms with E-state index in [4.69, 9.17) is 5.26 Å². The van der Waals surface area contributed by atoms with E-state index in [9.17, 15) is 9.59 Å². The maximum absolute atomic E-state index is 12.2. The van der Waals surface area contributed by atoms with Gasteiger partial charge in [-0.3, -0.25) is 9.59 Å². The van der Waals surface area contributed by atoms with E-state index in [1.165, 1.54) is 39.0 Å². The molecule has 4 aliphatic carbocycles. The third-order valence-corrected chi connectivity index (χ3v) is 5.27. The van der Waals surface area contributed by atoms with Crippen LogP contribution in [-0.4, -0.2) is 23.9 Å². The molecule has 20 heavy (non-hydrogen) atoms. The van der Waals surface area contributed by atoms with Gasteiger partial charge < -0.3 is 10.6 Å². The van der Waals surface area contributed by atoms with Gasteiger partial charge in [-0.15, -0.1) is 0 Å². The Labute approximate surface area is 119 Å². The summed E-state index contributed by atoms with van der Waals surface area (Å²) in [6.45, 7) is 1.32. The fourth-order valence-corrected chi connectivity index (χ4v) is 4.77. The summed E-state index contributed by atoms with van der Waals surface area (Å²) in [5, 5.41) is 14.4. The minimum atomic E-state index is -1.07. The standard InChI is InChI=1S/C15H21N3O2/c1-8(19)17-13(7-16)15(20)18-14-11-3-9-2-10(5-11)6-12(14)4-9/h9-14H,2-6H2,1H3,(H,17,19)(H,18,20). The van der Waals surface area contributed by atoms with Gasteiger partial charge in [-0.05, 0) is 55.8 Å². The summed E-state index contributed by atoms with van der Waals surface area (Å²) in [5.41, 5.74) is 0. The Hall–Kier alpha value is -1.57. The molecule has 5 heteroatoms. The minimum absolute atomic E-state index is 0.208. The van der Waals surface area contributed by atoms with Crippen molar-refractivity contribution in [2.24, 2.45) is 23.7 Å². The van der Waals surface area contributed by atoms with Crippen LogP contribution in [0.1, 0.15) is 39.0 Å². The highest BCUT2D eigenvalue weighted by molar-refractivity contribution is 5.89. The zero-order valence-electron chi connectivity index (χ0n) is 11.8. The van der Waals surface area contributed by atoms with Gasteiger partial charge in [0.05, 0.1) is 6.07 Å². The largest absolute Gasteiger partial charge is 0.350 e. The Morgan fingerprint density at radius 2 is 1.65 bits per heavy atom. The molecule has 4 saturated carbocycles. The molecular formula is C15H21N3O2. The van der Waals surface area contributed by atoms with Gasteiger partial charge in [-0.1, -0.05) is 0 Å². The van der Waals surface area contributed by atoms with Crippen molar-refractivity contribution >= 4 is 11.8 Å². The Morgan fingerprint density at radius 3 is 2.10 bits per heavy atom. The van der Waals surface area contributed by atoms with E-state index in [1.807, 2.05) is 6.07 Å². The molecule has 1 unspecified atom stereocenters. The fraction of sp³-hybridized carbons (Fsp3) is 0.800. The summed E-state index contributed by atoms with van der Waals surface area (Å²) >= 11 is 0. The number of nitrogens with zero attached hydrogens (tertiary/aromatic N) is 1. The first-order valence-corrected chi connectivity index (χ1v) is 7.54. The lowest BCUT2D eigenvalue weighted by atomic mass is 9.54. The highest BCUT2D eigenvalue weighted by Gasteiger charge is 2.48. The number of nitriles is 1. The van der Waals surface area contributed by atoms with Gasteiger partial charge in [0, 0.05) is 13.0 Å². The van der Waals surface area contributed by atoms with Crippen LogP contribution in [0, 0.1) is 35.0 Å². The van der Waals surface area contributed by atoms with Crippen LogP contribution in [0.15, 0.2) is 0 Å². The molecule has 108 valence electrons. The van der Waals surface area contributed by atoms with Gasteiger partial charge in [0.15, 0.2) is 6.04 Å². The Bertz CT molecular complexity index is 440. The first kappa shape index (κ1) is 13.4. The van der Waals surface area contributed by atoms with Crippen LogP contribution in [0.4, 0.5) is 0 Å². The Kier molecular flexibility index (Phi) is 3.41. The summed E-state index contributed by atoms with van der Waals surface area (Å²) in [6.07, 6.45) is 6.25. The van der Waals surface area contributed by atoms with E-state index in [1.54, 1.807) is 0 Å². The second kappa shape index (κ2) is 5.08. The quantitative estimate of drug-likeness (QED) is 0.804. The van der Waals surface area contributed by atoms with Crippen LogP contribution in [-0.2, 0) is 9.59 Å². The maximum Gasteiger partial charge on any atom is 0.257 e. The van der Waals surface area contributed by atoms with Gasteiger partial charge in [0.25, 0.3) is 5.91 Å². The molecule has 2 amide bonds. The van der Waals surface area contributed by atoms with E-state index >= 15 is 0 Å². The molecule has 4 fully saturated rings. The SMILES string of the molecule is CC(=O)NC(C#N)C(=O)NC1C2CC3CC(C2)CC1C3. The topological polar surface area (TPSA) is 82.0 Å². The molecule has 0 spiro atoms. The fourth-order valence-electron chi connectivity index (χ4n) is 4.77. The van der Waals surface area contributed by atoms with E-state index < -0.39 is 6.04 Å². The van der Waals surface area contributed by atoms with Gasteiger partial charge in [0.1, 0.15) is 0 Å². The lowest BCUT2D eigenvalue weighted by Crippen LogP contribution is -2.58. The lowest BCUT2D eigenvalue weighted by molar-refractivity contribution is -0.129. The van der Waals surface area contributed by atoms with Crippen molar-refractivity contribution < 1.29 is 9.59 Å². The first-order chi connectivity index (χ1) is 9.56. The van der Waals surface area contributed by atoms with Gasteiger partial charge >= 0.3 is 0 Å². The van der Waals surface area contributed by atoms with Crippen LogP contribution in [0.2, 0.25) is 0 Å².